The number of hydrogen-bond acceptors (Lipinski definition) is 3. The summed E-state index contributed by atoms with van der Waals surface area (Å²) < 4.78 is 3.03. The van der Waals surface area contributed by atoms with Crippen molar-refractivity contribution in [3.63, 3.8) is 0 Å². The molecule has 1 aliphatic heterocycles. The van der Waals surface area contributed by atoms with Gasteiger partial charge in [-0.2, -0.15) is 5.10 Å². The number of likely N-dealkylation sites (N-methyl/N-ethyl adjacent to an activating group) is 1. The quantitative estimate of drug-likeness (QED) is 0.916. The third-order valence-corrected chi connectivity index (χ3v) is 3.73. The van der Waals surface area contributed by atoms with E-state index < -0.39 is 0 Å². The van der Waals surface area contributed by atoms with Crippen molar-refractivity contribution in [3.05, 3.63) is 16.4 Å². The van der Waals surface area contributed by atoms with Gasteiger partial charge in [0, 0.05) is 26.2 Å². The summed E-state index contributed by atoms with van der Waals surface area (Å²) in [4.78, 5) is 2.39. The van der Waals surface area contributed by atoms with Gasteiger partial charge >= 0.3 is 0 Å². The standard InChI is InChI=1S/C10H17BrN4.ClH/c1-14(8-3-4-12-5-8)7-10-9(11)6-13-15(10)2;/h6,8,12H,3-5,7H2,1-2H3;1H. The van der Waals surface area contributed by atoms with E-state index in [0.717, 1.165) is 24.1 Å². The monoisotopic (exact) mass is 308 g/mol. The van der Waals surface area contributed by atoms with Crippen molar-refractivity contribution in [1.82, 2.24) is 20.0 Å². The minimum Gasteiger partial charge on any atom is -0.315 e. The first kappa shape index (κ1) is 14.0. The molecule has 0 aliphatic carbocycles. The summed E-state index contributed by atoms with van der Waals surface area (Å²) in [6.45, 7) is 3.19. The molecule has 6 heteroatoms. The van der Waals surface area contributed by atoms with Crippen LogP contribution in [0.2, 0.25) is 0 Å². The van der Waals surface area contributed by atoms with Crippen LogP contribution in [-0.2, 0) is 13.6 Å². The zero-order valence-electron chi connectivity index (χ0n) is 9.61. The zero-order chi connectivity index (χ0) is 10.8. The van der Waals surface area contributed by atoms with Crippen LogP contribution in [0.4, 0.5) is 0 Å². The van der Waals surface area contributed by atoms with Crippen LogP contribution in [-0.4, -0.2) is 40.9 Å². The van der Waals surface area contributed by atoms with Crippen LogP contribution in [0.25, 0.3) is 0 Å². The lowest BCUT2D eigenvalue weighted by atomic mass is 10.2. The van der Waals surface area contributed by atoms with E-state index >= 15 is 0 Å². The Morgan fingerprint density at radius 1 is 1.69 bits per heavy atom. The van der Waals surface area contributed by atoms with Gasteiger partial charge in [-0.1, -0.05) is 0 Å². The van der Waals surface area contributed by atoms with Gasteiger partial charge < -0.3 is 5.32 Å². The topological polar surface area (TPSA) is 33.1 Å². The lowest BCUT2D eigenvalue weighted by Gasteiger charge is -2.23. The van der Waals surface area contributed by atoms with Crippen LogP contribution in [0.3, 0.4) is 0 Å². The van der Waals surface area contributed by atoms with Crippen molar-refractivity contribution in [2.75, 3.05) is 20.1 Å². The molecule has 1 aliphatic rings. The van der Waals surface area contributed by atoms with Crippen molar-refractivity contribution in [2.24, 2.45) is 7.05 Å². The number of aryl methyl sites for hydroxylation is 1. The first-order chi connectivity index (χ1) is 7.18. The van der Waals surface area contributed by atoms with E-state index in [4.69, 9.17) is 0 Å². The summed E-state index contributed by atoms with van der Waals surface area (Å²) in [6, 6.07) is 0.659. The highest BCUT2D eigenvalue weighted by Gasteiger charge is 2.20. The maximum absolute atomic E-state index is 4.22. The molecule has 0 radical (unpaired) electrons. The fourth-order valence-corrected chi connectivity index (χ4v) is 2.47. The average Bonchev–Trinajstić information content (AvgIpc) is 2.82. The summed E-state index contributed by atoms with van der Waals surface area (Å²) in [7, 11) is 4.16. The second kappa shape index (κ2) is 6.00. The summed E-state index contributed by atoms with van der Waals surface area (Å²) in [6.07, 6.45) is 3.10. The molecule has 92 valence electrons. The van der Waals surface area contributed by atoms with Gasteiger partial charge in [0.25, 0.3) is 0 Å². The molecule has 1 N–H and O–H groups in total. The molecule has 0 spiro atoms. The molecular formula is C10H18BrClN4. The molecule has 1 aromatic heterocycles. The van der Waals surface area contributed by atoms with E-state index in [2.05, 4.69) is 38.3 Å². The Labute approximate surface area is 111 Å². The van der Waals surface area contributed by atoms with Gasteiger partial charge in [0.05, 0.1) is 16.4 Å². The Bertz CT molecular complexity index is 316. The lowest BCUT2D eigenvalue weighted by Crippen LogP contribution is -2.33. The molecule has 2 heterocycles. The predicted octanol–water partition coefficient (Wildman–Crippen LogP) is 1.40. The van der Waals surface area contributed by atoms with Gasteiger partial charge in [-0.15, -0.1) is 12.4 Å². The molecule has 2 rings (SSSR count). The smallest absolute Gasteiger partial charge is 0.0663 e. The van der Waals surface area contributed by atoms with Gasteiger partial charge in [0.2, 0.25) is 0 Å². The molecule has 4 nitrogen and oxygen atoms in total. The van der Waals surface area contributed by atoms with Crippen LogP contribution < -0.4 is 5.32 Å². The Hall–Kier alpha value is -0.100. The van der Waals surface area contributed by atoms with E-state index in [0.29, 0.717) is 6.04 Å². The number of halogens is 2. The second-order valence-corrected chi connectivity index (χ2v) is 4.98. The lowest BCUT2D eigenvalue weighted by molar-refractivity contribution is 0.242. The summed E-state index contributed by atoms with van der Waals surface area (Å²) in [5.74, 6) is 0. The van der Waals surface area contributed by atoms with Crippen molar-refractivity contribution in [1.29, 1.82) is 0 Å². The molecule has 1 atom stereocenters. The van der Waals surface area contributed by atoms with Gasteiger partial charge in [0.15, 0.2) is 0 Å². The third-order valence-electron chi connectivity index (χ3n) is 3.07. The number of nitrogens with zero attached hydrogens (tertiary/aromatic N) is 3. The molecule has 1 aromatic rings. The summed E-state index contributed by atoms with van der Waals surface area (Å²) >= 11 is 3.53. The predicted molar refractivity (Wildman–Crippen MR) is 70.9 cm³/mol. The van der Waals surface area contributed by atoms with E-state index in [1.54, 1.807) is 0 Å². The molecule has 0 amide bonds. The highest BCUT2D eigenvalue weighted by atomic mass is 79.9. The summed E-state index contributed by atoms with van der Waals surface area (Å²) in [5.41, 5.74) is 1.24. The molecule has 1 saturated heterocycles. The van der Waals surface area contributed by atoms with Crippen molar-refractivity contribution in [3.8, 4) is 0 Å². The molecule has 16 heavy (non-hydrogen) atoms. The maximum atomic E-state index is 4.22. The van der Waals surface area contributed by atoms with E-state index in [9.17, 15) is 0 Å². The highest BCUT2D eigenvalue weighted by Crippen LogP contribution is 2.18. The molecular weight excluding hydrogens is 291 g/mol. The largest absolute Gasteiger partial charge is 0.315 e. The first-order valence-corrected chi connectivity index (χ1v) is 6.05. The SMILES string of the molecule is CN(Cc1c(Br)cnn1C)C1CCNC1.Cl. The molecule has 0 saturated carbocycles. The summed E-state index contributed by atoms with van der Waals surface area (Å²) in [5, 5.41) is 7.61. The number of nitrogens with one attached hydrogen (secondary N) is 1. The Balaban J connectivity index is 0.00000128. The van der Waals surface area contributed by atoms with Gasteiger partial charge in [0.1, 0.15) is 0 Å². The van der Waals surface area contributed by atoms with E-state index in [1.807, 2.05) is 17.9 Å². The highest BCUT2D eigenvalue weighted by molar-refractivity contribution is 9.10. The van der Waals surface area contributed by atoms with Gasteiger partial charge in [-0.05, 0) is 35.9 Å². The van der Waals surface area contributed by atoms with Crippen LogP contribution in [0.5, 0.6) is 0 Å². The fraction of sp³-hybridized carbons (Fsp3) is 0.700. The van der Waals surface area contributed by atoms with Gasteiger partial charge in [-0.25, -0.2) is 0 Å². The Morgan fingerprint density at radius 3 is 2.94 bits per heavy atom. The third kappa shape index (κ3) is 2.97. The molecule has 0 bridgehead atoms. The fourth-order valence-electron chi connectivity index (χ4n) is 1.99. The van der Waals surface area contributed by atoms with E-state index in [-0.39, 0.29) is 12.4 Å². The maximum Gasteiger partial charge on any atom is 0.0663 e. The minimum absolute atomic E-state index is 0. The number of rotatable bonds is 3. The van der Waals surface area contributed by atoms with Crippen LogP contribution >= 0.6 is 28.3 Å². The van der Waals surface area contributed by atoms with Gasteiger partial charge in [-0.3, -0.25) is 9.58 Å². The van der Waals surface area contributed by atoms with E-state index in [1.165, 1.54) is 12.1 Å². The minimum atomic E-state index is 0. The average molecular weight is 310 g/mol. The van der Waals surface area contributed by atoms with Crippen molar-refractivity contribution in [2.45, 2.75) is 19.0 Å². The molecule has 0 aromatic carbocycles. The van der Waals surface area contributed by atoms with Crippen LogP contribution in [0.15, 0.2) is 10.7 Å². The second-order valence-electron chi connectivity index (χ2n) is 4.12. The molecule has 1 unspecified atom stereocenters. The first-order valence-electron chi connectivity index (χ1n) is 5.26. The van der Waals surface area contributed by atoms with Crippen LogP contribution in [0, 0.1) is 0 Å². The number of aromatic nitrogens is 2. The Kier molecular flexibility index (Phi) is 5.24. The number of hydrogen-bond donors (Lipinski definition) is 1. The Morgan fingerprint density at radius 2 is 2.44 bits per heavy atom. The normalized spacial score (nSPS) is 20.1. The van der Waals surface area contributed by atoms with Crippen molar-refractivity contribution >= 4 is 28.3 Å². The van der Waals surface area contributed by atoms with Crippen molar-refractivity contribution < 1.29 is 0 Å². The van der Waals surface area contributed by atoms with Crippen LogP contribution in [0.1, 0.15) is 12.1 Å². The molecule has 1 fully saturated rings. The zero-order valence-corrected chi connectivity index (χ0v) is 12.0.